The maximum Gasteiger partial charge on any atom is 0.126 e. The summed E-state index contributed by atoms with van der Waals surface area (Å²) in [6.45, 7) is 6.47. The van der Waals surface area contributed by atoms with Gasteiger partial charge in [-0.2, -0.15) is 0 Å². The second kappa shape index (κ2) is 5.98. The Labute approximate surface area is 101 Å². The molecule has 0 amide bonds. The molecule has 17 heavy (non-hydrogen) atoms. The minimum absolute atomic E-state index is 0.0313. The SMILES string of the molecule is CCN(CCO)c1cc(C)c(F)cc1[C@H](C)O. The summed E-state index contributed by atoms with van der Waals surface area (Å²) < 4.78 is 13.5. The van der Waals surface area contributed by atoms with Gasteiger partial charge in [-0.1, -0.05) is 0 Å². The van der Waals surface area contributed by atoms with Crippen LogP contribution in [-0.4, -0.2) is 29.9 Å². The average molecular weight is 241 g/mol. The van der Waals surface area contributed by atoms with Crippen molar-refractivity contribution in [1.29, 1.82) is 0 Å². The van der Waals surface area contributed by atoms with Gasteiger partial charge in [-0.15, -0.1) is 0 Å². The zero-order valence-corrected chi connectivity index (χ0v) is 10.6. The molecule has 0 saturated heterocycles. The van der Waals surface area contributed by atoms with Crippen LogP contribution in [0.25, 0.3) is 0 Å². The van der Waals surface area contributed by atoms with Crippen molar-refractivity contribution in [1.82, 2.24) is 0 Å². The van der Waals surface area contributed by atoms with E-state index in [9.17, 15) is 9.50 Å². The van der Waals surface area contributed by atoms with Gasteiger partial charge in [-0.25, -0.2) is 4.39 Å². The molecule has 0 aliphatic rings. The van der Waals surface area contributed by atoms with E-state index >= 15 is 0 Å². The normalized spacial score (nSPS) is 12.6. The predicted octanol–water partition coefficient (Wildman–Crippen LogP) is 2.01. The Morgan fingerprint density at radius 3 is 2.53 bits per heavy atom. The molecule has 1 aromatic carbocycles. The van der Waals surface area contributed by atoms with Gasteiger partial charge in [0.1, 0.15) is 5.82 Å². The third kappa shape index (κ3) is 3.17. The maximum atomic E-state index is 13.5. The molecule has 0 radical (unpaired) electrons. The van der Waals surface area contributed by atoms with Gasteiger partial charge >= 0.3 is 0 Å². The molecule has 0 bridgehead atoms. The molecule has 1 aromatic rings. The van der Waals surface area contributed by atoms with Gasteiger partial charge in [0.25, 0.3) is 0 Å². The van der Waals surface area contributed by atoms with Crippen LogP contribution in [0.1, 0.15) is 31.1 Å². The molecule has 0 spiro atoms. The summed E-state index contributed by atoms with van der Waals surface area (Å²) in [5, 5.41) is 18.7. The van der Waals surface area contributed by atoms with Gasteiger partial charge in [0.2, 0.25) is 0 Å². The molecule has 0 aliphatic heterocycles. The first-order valence-corrected chi connectivity index (χ1v) is 5.85. The summed E-state index contributed by atoms with van der Waals surface area (Å²) >= 11 is 0. The van der Waals surface area contributed by atoms with E-state index < -0.39 is 6.10 Å². The smallest absolute Gasteiger partial charge is 0.126 e. The summed E-state index contributed by atoms with van der Waals surface area (Å²) in [5.41, 5.74) is 1.89. The molecular formula is C13H20FNO2. The van der Waals surface area contributed by atoms with Gasteiger partial charge in [0, 0.05) is 24.3 Å². The predicted molar refractivity (Wildman–Crippen MR) is 66.7 cm³/mol. The molecule has 0 heterocycles. The van der Waals surface area contributed by atoms with Crippen LogP contribution in [0.4, 0.5) is 10.1 Å². The zero-order chi connectivity index (χ0) is 13.0. The number of nitrogens with zero attached hydrogens (tertiary/aromatic N) is 1. The van der Waals surface area contributed by atoms with E-state index in [1.807, 2.05) is 11.8 Å². The van der Waals surface area contributed by atoms with Crippen molar-refractivity contribution in [3.8, 4) is 0 Å². The number of rotatable bonds is 5. The molecule has 0 saturated carbocycles. The summed E-state index contributed by atoms with van der Waals surface area (Å²) in [6.07, 6.45) is -0.729. The van der Waals surface area contributed by atoms with Crippen LogP contribution in [0.2, 0.25) is 0 Å². The standard InChI is InChI=1S/C13H20FNO2/c1-4-15(5-6-16)13-7-9(2)12(14)8-11(13)10(3)17/h7-8,10,16-17H,4-6H2,1-3H3/t10-/m0/s1. The Balaban J connectivity index is 3.23. The lowest BCUT2D eigenvalue weighted by Crippen LogP contribution is -2.27. The lowest BCUT2D eigenvalue weighted by molar-refractivity contribution is 0.199. The summed E-state index contributed by atoms with van der Waals surface area (Å²) in [6, 6.07) is 3.09. The highest BCUT2D eigenvalue weighted by molar-refractivity contribution is 5.56. The van der Waals surface area contributed by atoms with Gasteiger partial charge in [0.05, 0.1) is 12.7 Å². The second-order valence-corrected chi connectivity index (χ2v) is 4.14. The molecule has 3 nitrogen and oxygen atoms in total. The highest BCUT2D eigenvalue weighted by atomic mass is 19.1. The Hall–Kier alpha value is -1.13. The van der Waals surface area contributed by atoms with Crippen LogP contribution in [0.5, 0.6) is 0 Å². The molecule has 2 N–H and O–H groups in total. The number of likely N-dealkylation sites (N-methyl/N-ethyl adjacent to an activating group) is 1. The first kappa shape index (κ1) is 13.9. The molecule has 0 aliphatic carbocycles. The minimum Gasteiger partial charge on any atom is -0.395 e. The Kier molecular flexibility index (Phi) is 4.90. The first-order chi connectivity index (χ1) is 8.01. The van der Waals surface area contributed by atoms with Crippen LogP contribution < -0.4 is 4.90 Å². The van der Waals surface area contributed by atoms with Gasteiger partial charge in [-0.05, 0) is 38.5 Å². The topological polar surface area (TPSA) is 43.7 Å². The first-order valence-electron chi connectivity index (χ1n) is 5.85. The Morgan fingerprint density at radius 1 is 1.41 bits per heavy atom. The fourth-order valence-corrected chi connectivity index (χ4v) is 1.86. The van der Waals surface area contributed by atoms with Crippen LogP contribution in [0.3, 0.4) is 0 Å². The molecule has 96 valence electrons. The van der Waals surface area contributed by atoms with Crippen molar-refractivity contribution in [2.24, 2.45) is 0 Å². The van der Waals surface area contributed by atoms with E-state index in [1.54, 1.807) is 19.9 Å². The number of benzene rings is 1. The molecular weight excluding hydrogens is 221 g/mol. The van der Waals surface area contributed by atoms with Crippen LogP contribution in [0, 0.1) is 12.7 Å². The van der Waals surface area contributed by atoms with Crippen LogP contribution in [-0.2, 0) is 0 Å². The van der Waals surface area contributed by atoms with Crippen LogP contribution in [0.15, 0.2) is 12.1 Å². The Morgan fingerprint density at radius 2 is 2.06 bits per heavy atom. The van der Waals surface area contributed by atoms with E-state index in [1.165, 1.54) is 6.07 Å². The number of hydrogen-bond acceptors (Lipinski definition) is 3. The largest absolute Gasteiger partial charge is 0.395 e. The van der Waals surface area contributed by atoms with E-state index in [0.29, 0.717) is 24.2 Å². The third-order valence-corrected chi connectivity index (χ3v) is 2.85. The monoisotopic (exact) mass is 241 g/mol. The fourth-order valence-electron chi connectivity index (χ4n) is 1.86. The summed E-state index contributed by atoms with van der Waals surface area (Å²) in [7, 11) is 0. The fraction of sp³-hybridized carbons (Fsp3) is 0.538. The van der Waals surface area contributed by atoms with Crippen molar-refractivity contribution in [2.45, 2.75) is 26.9 Å². The molecule has 1 rings (SSSR count). The van der Waals surface area contributed by atoms with Crippen molar-refractivity contribution >= 4 is 5.69 Å². The second-order valence-electron chi connectivity index (χ2n) is 4.14. The average Bonchev–Trinajstić information content (AvgIpc) is 2.29. The number of halogens is 1. The number of hydrogen-bond donors (Lipinski definition) is 2. The Bertz CT molecular complexity index is 380. The number of aryl methyl sites for hydroxylation is 1. The quantitative estimate of drug-likeness (QED) is 0.828. The van der Waals surface area contributed by atoms with E-state index in [4.69, 9.17) is 5.11 Å². The highest BCUT2D eigenvalue weighted by Crippen LogP contribution is 2.29. The number of aliphatic hydroxyl groups is 2. The van der Waals surface area contributed by atoms with Crippen molar-refractivity contribution < 1.29 is 14.6 Å². The molecule has 4 heteroatoms. The molecule has 1 atom stereocenters. The van der Waals surface area contributed by atoms with Crippen molar-refractivity contribution in [3.05, 3.63) is 29.1 Å². The zero-order valence-electron chi connectivity index (χ0n) is 10.6. The number of anilines is 1. The summed E-state index contributed by atoms with van der Waals surface area (Å²) in [4.78, 5) is 1.93. The van der Waals surface area contributed by atoms with E-state index in [-0.39, 0.29) is 12.4 Å². The van der Waals surface area contributed by atoms with Gasteiger partial charge in [-0.3, -0.25) is 0 Å². The van der Waals surface area contributed by atoms with E-state index in [0.717, 1.165) is 5.69 Å². The number of aliphatic hydroxyl groups excluding tert-OH is 2. The van der Waals surface area contributed by atoms with Gasteiger partial charge in [0.15, 0.2) is 0 Å². The van der Waals surface area contributed by atoms with Crippen LogP contribution >= 0.6 is 0 Å². The third-order valence-electron chi connectivity index (χ3n) is 2.85. The lowest BCUT2D eigenvalue weighted by atomic mass is 10.0. The van der Waals surface area contributed by atoms with Crippen molar-refractivity contribution in [3.63, 3.8) is 0 Å². The van der Waals surface area contributed by atoms with Gasteiger partial charge < -0.3 is 15.1 Å². The minimum atomic E-state index is -0.729. The molecule has 0 unspecified atom stereocenters. The van der Waals surface area contributed by atoms with E-state index in [2.05, 4.69) is 0 Å². The molecule has 0 aromatic heterocycles. The van der Waals surface area contributed by atoms with Crippen molar-refractivity contribution in [2.75, 3.05) is 24.6 Å². The summed E-state index contributed by atoms with van der Waals surface area (Å²) in [5.74, 6) is -0.315. The molecule has 0 fully saturated rings. The highest BCUT2D eigenvalue weighted by Gasteiger charge is 2.15. The maximum absolute atomic E-state index is 13.5. The lowest BCUT2D eigenvalue weighted by Gasteiger charge is -2.26.